The highest BCUT2D eigenvalue weighted by Crippen LogP contribution is 2.23. The van der Waals surface area contributed by atoms with Gasteiger partial charge in [0.05, 0.1) is 21.6 Å². The third kappa shape index (κ3) is 5.52. The van der Waals surface area contributed by atoms with Crippen LogP contribution < -0.4 is 5.32 Å². The average molecular weight is 391 g/mol. The van der Waals surface area contributed by atoms with Gasteiger partial charge in [-0.1, -0.05) is 42.8 Å². The zero-order valence-corrected chi connectivity index (χ0v) is 15.7. The number of nitro groups is 1. The molecule has 7 nitrogen and oxygen atoms in total. The minimum atomic E-state index is -0.829. The standard InChI is InChI=1S/C19H19ClN2O5/c1-3-13-4-6-14(7-5-13)12(2)21-18(23)11-27-19(24)16-9-8-15(22(25)26)10-17(16)20/h4-10,12H,3,11H2,1-2H3,(H,21,23)/t12-/m0/s1. The van der Waals surface area contributed by atoms with Crippen LogP contribution in [0, 0.1) is 10.1 Å². The first kappa shape index (κ1) is 20.4. The summed E-state index contributed by atoms with van der Waals surface area (Å²) in [6.07, 6.45) is 0.933. The van der Waals surface area contributed by atoms with Gasteiger partial charge in [-0.3, -0.25) is 14.9 Å². The fourth-order valence-corrected chi connectivity index (χ4v) is 2.65. The second-order valence-corrected chi connectivity index (χ2v) is 6.29. The first-order chi connectivity index (χ1) is 12.8. The molecule has 2 aromatic rings. The highest BCUT2D eigenvalue weighted by Gasteiger charge is 2.18. The monoisotopic (exact) mass is 390 g/mol. The van der Waals surface area contributed by atoms with Crippen LogP contribution >= 0.6 is 11.6 Å². The van der Waals surface area contributed by atoms with Crippen LogP contribution in [0.1, 0.15) is 41.4 Å². The first-order valence-corrected chi connectivity index (χ1v) is 8.69. The molecule has 0 saturated carbocycles. The first-order valence-electron chi connectivity index (χ1n) is 8.31. The van der Waals surface area contributed by atoms with E-state index in [9.17, 15) is 19.7 Å². The lowest BCUT2D eigenvalue weighted by Crippen LogP contribution is -2.31. The molecular weight excluding hydrogens is 372 g/mol. The van der Waals surface area contributed by atoms with E-state index in [0.29, 0.717) is 0 Å². The number of rotatable bonds is 7. The molecule has 0 saturated heterocycles. The van der Waals surface area contributed by atoms with Crippen molar-refractivity contribution in [1.82, 2.24) is 5.32 Å². The third-order valence-corrected chi connectivity index (χ3v) is 4.30. The molecule has 2 rings (SSSR count). The van der Waals surface area contributed by atoms with Crippen LogP contribution in [-0.4, -0.2) is 23.4 Å². The van der Waals surface area contributed by atoms with E-state index in [2.05, 4.69) is 12.2 Å². The Labute approximate surface area is 161 Å². The molecular formula is C19H19ClN2O5. The molecule has 0 aliphatic heterocycles. The van der Waals surface area contributed by atoms with E-state index in [1.165, 1.54) is 11.6 Å². The topological polar surface area (TPSA) is 98.5 Å². The Hall–Kier alpha value is -2.93. The minimum Gasteiger partial charge on any atom is -0.452 e. The summed E-state index contributed by atoms with van der Waals surface area (Å²) in [5, 5.41) is 13.3. The van der Waals surface area contributed by atoms with Gasteiger partial charge in [-0.2, -0.15) is 0 Å². The Morgan fingerprint density at radius 3 is 2.44 bits per heavy atom. The van der Waals surface area contributed by atoms with E-state index in [-0.39, 0.29) is 22.3 Å². The summed E-state index contributed by atoms with van der Waals surface area (Å²) < 4.78 is 4.94. The van der Waals surface area contributed by atoms with Gasteiger partial charge in [0.2, 0.25) is 0 Å². The number of nitrogens with one attached hydrogen (secondary N) is 1. The number of non-ortho nitro benzene ring substituents is 1. The van der Waals surface area contributed by atoms with Gasteiger partial charge in [-0.15, -0.1) is 0 Å². The number of carbonyl (C=O) groups excluding carboxylic acids is 2. The van der Waals surface area contributed by atoms with Gasteiger partial charge in [0.15, 0.2) is 6.61 Å². The van der Waals surface area contributed by atoms with Crippen molar-refractivity contribution in [2.45, 2.75) is 26.3 Å². The number of hydrogen-bond donors (Lipinski definition) is 1. The predicted octanol–water partition coefficient (Wildman–Crippen LogP) is 3.84. The molecule has 1 N–H and O–H groups in total. The number of halogens is 1. The van der Waals surface area contributed by atoms with Crippen molar-refractivity contribution >= 4 is 29.2 Å². The Bertz CT molecular complexity index is 852. The molecule has 0 radical (unpaired) electrons. The van der Waals surface area contributed by atoms with Crippen molar-refractivity contribution < 1.29 is 19.2 Å². The van der Waals surface area contributed by atoms with Crippen molar-refractivity contribution in [2.75, 3.05) is 6.61 Å². The second kappa shape index (κ2) is 9.14. The van der Waals surface area contributed by atoms with Crippen molar-refractivity contribution in [3.05, 3.63) is 74.3 Å². The van der Waals surface area contributed by atoms with E-state index in [4.69, 9.17) is 16.3 Å². The van der Waals surface area contributed by atoms with Crippen LogP contribution in [0.25, 0.3) is 0 Å². The summed E-state index contributed by atoms with van der Waals surface area (Å²) >= 11 is 5.87. The van der Waals surface area contributed by atoms with Crippen LogP contribution in [0.3, 0.4) is 0 Å². The van der Waals surface area contributed by atoms with Gasteiger partial charge < -0.3 is 10.1 Å². The Morgan fingerprint density at radius 2 is 1.89 bits per heavy atom. The molecule has 0 fully saturated rings. The van der Waals surface area contributed by atoms with E-state index >= 15 is 0 Å². The quantitative estimate of drug-likeness (QED) is 0.440. The highest BCUT2D eigenvalue weighted by atomic mass is 35.5. The smallest absolute Gasteiger partial charge is 0.340 e. The van der Waals surface area contributed by atoms with E-state index in [0.717, 1.165) is 24.1 Å². The number of hydrogen-bond acceptors (Lipinski definition) is 5. The summed E-state index contributed by atoms with van der Waals surface area (Å²) in [4.78, 5) is 34.1. The molecule has 8 heteroatoms. The minimum absolute atomic E-state index is 0.0433. The van der Waals surface area contributed by atoms with Crippen molar-refractivity contribution in [3.8, 4) is 0 Å². The van der Waals surface area contributed by atoms with Gasteiger partial charge in [-0.25, -0.2) is 4.79 Å². The molecule has 1 amide bonds. The summed E-state index contributed by atoms with van der Waals surface area (Å²) in [6, 6.07) is 11.0. The summed E-state index contributed by atoms with van der Waals surface area (Å²) in [5.74, 6) is -1.29. The fraction of sp³-hybridized carbons (Fsp3) is 0.263. The lowest BCUT2D eigenvalue weighted by atomic mass is 10.1. The van der Waals surface area contributed by atoms with Gasteiger partial charge >= 0.3 is 5.97 Å². The third-order valence-electron chi connectivity index (χ3n) is 3.98. The number of nitro benzene ring substituents is 1. The van der Waals surface area contributed by atoms with Crippen LogP contribution in [-0.2, 0) is 16.0 Å². The number of benzene rings is 2. The molecule has 0 unspecified atom stereocenters. The molecule has 2 aromatic carbocycles. The van der Waals surface area contributed by atoms with Crippen molar-refractivity contribution in [1.29, 1.82) is 0 Å². The molecule has 27 heavy (non-hydrogen) atoms. The molecule has 0 aliphatic carbocycles. The van der Waals surface area contributed by atoms with Crippen molar-refractivity contribution in [2.24, 2.45) is 0 Å². The maximum absolute atomic E-state index is 12.0. The average Bonchev–Trinajstić information content (AvgIpc) is 2.65. The molecule has 0 aromatic heterocycles. The van der Waals surface area contributed by atoms with Crippen LogP contribution in [0.2, 0.25) is 5.02 Å². The largest absolute Gasteiger partial charge is 0.452 e. The molecule has 0 heterocycles. The maximum atomic E-state index is 12.0. The lowest BCUT2D eigenvalue weighted by molar-refractivity contribution is -0.384. The Balaban J connectivity index is 1.90. The van der Waals surface area contributed by atoms with Crippen molar-refractivity contribution in [3.63, 3.8) is 0 Å². The number of amides is 1. The molecule has 0 spiro atoms. The van der Waals surface area contributed by atoms with E-state index < -0.39 is 23.4 Å². The van der Waals surface area contributed by atoms with Gasteiger partial charge in [0.25, 0.3) is 11.6 Å². The maximum Gasteiger partial charge on any atom is 0.340 e. The molecule has 0 bridgehead atoms. The number of esters is 1. The van der Waals surface area contributed by atoms with E-state index in [1.807, 2.05) is 31.2 Å². The Kier molecular flexibility index (Phi) is 6.90. The Morgan fingerprint density at radius 1 is 1.22 bits per heavy atom. The molecule has 1 atom stereocenters. The number of carbonyl (C=O) groups is 2. The molecule has 0 aliphatic rings. The number of nitrogens with zero attached hydrogens (tertiary/aromatic N) is 1. The highest BCUT2D eigenvalue weighted by molar-refractivity contribution is 6.33. The van der Waals surface area contributed by atoms with Crippen LogP contribution in [0.5, 0.6) is 0 Å². The number of aryl methyl sites for hydroxylation is 1. The normalized spacial score (nSPS) is 11.5. The summed E-state index contributed by atoms with van der Waals surface area (Å²) in [6.45, 7) is 3.41. The lowest BCUT2D eigenvalue weighted by Gasteiger charge is -2.15. The summed E-state index contributed by atoms with van der Waals surface area (Å²) in [5.41, 5.74) is 1.85. The fourth-order valence-electron chi connectivity index (χ4n) is 2.40. The van der Waals surface area contributed by atoms with Crippen LogP contribution in [0.15, 0.2) is 42.5 Å². The number of ether oxygens (including phenoxy) is 1. The SMILES string of the molecule is CCc1ccc([C@H](C)NC(=O)COC(=O)c2ccc([N+](=O)[O-])cc2Cl)cc1. The molecule has 142 valence electrons. The second-order valence-electron chi connectivity index (χ2n) is 5.88. The van der Waals surface area contributed by atoms with Gasteiger partial charge in [0.1, 0.15) is 0 Å². The van der Waals surface area contributed by atoms with Crippen LogP contribution in [0.4, 0.5) is 5.69 Å². The predicted molar refractivity (Wildman–Crippen MR) is 101 cm³/mol. The van der Waals surface area contributed by atoms with E-state index in [1.54, 1.807) is 0 Å². The van der Waals surface area contributed by atoms with Gasteiger partial charge in [-0.05, 0) is 30.5 Å². The zero-order chi connectivity index (χ0) is 20.0. The van der Waals surface area contributed by atoms with Gasteiger partial charge in [0, 0.05) is 12.1 Å². The zero-order valence-electron chi connectivity index (χ0n) is 14.9. The summed E-state index contributed by atoms with van der Waals surface area (Å²) in [7, 11) is 0.